The standard InChI is InChI=1S/C30H34N2O6/c1-30(2,3)21-8-14-25(15-9-21)38-26-18-12-22(13-19-26)31-27(33)6-5-7-29(35)37-20-28(34)32-23-10-16-24(36-4)17-11-23/h8-19H,5-7,20H2,1-4H3,(H,31,33)(H,32,34). The van der Waals surface area contributed by atoms with Crippen LogP contribution < -0.4 is 20.1 Å². The van der Waals surface area contributed by atoms with Crippen molar-refractivity contribution in [1.29, 1.82) is 0 Å². The number of ether oxygens (including phenoxy) is 3. The zero-order valence-corrected chi connectivity index (χ0v) is 22.2. The molecule has 0 saturated heterocycles. The van der Waals surface area contributed by atoms with E-state index in [4.69, 9.17) is 14.2 Å². The minimum absolute atomic E-state index is 0.0318. The van der Waals surface area contributed by atoms with Crippen molar-refractivity contribution in [3.05, 3.63) is 78.4 Å². The minimum atomic E-state index is -0.542. The maximum absolute atomic E-state index is 12.2. The molecule has 0 atom stereocenters. The van der Waals surface area contributed by atoms with Crippen LogP contribution >= 0.6 is 0 Å². The Bertz CT molecular complexity index is 1210. The van der Waals surface area contributed by atoms with E-state index in [1.165, 1.54) is 5.56 Å². The van der Waals surface area contributed by atoms with Crippen molar-refractivity contribution in [2.75, 3.05) is 24.4 Å². The van der Waals surface area contributed by atoms with Gasteiger partial charge in [-0.25, -0.2) is 0 Å². The van der Waals surface area contributed by atoms with Gasteiger partial charge >= 0.3 is 5.97 Å². The molecular formula is C30H34N2O6. The molecule has 38 heavy (non-hydrogen) atoms. The maximum Gasteiger partial charge on any atom is 0.306 e. The lowest BCUT2D eigenvalue weighted by Crippen LogP contribution is -2.21. The molecule has 0 aliphatic carbocycles. The third-order valence-electron chi connectivity index (χ3n) is 5.62. The molecule has 8 heteroatoms. The summed E-state index contributed by atoms with van der Waals surface area (Å²) in [4.78, 5) is 36.1. The predicted molar refractivity (Wildman–Crippen MR) is 147 cm³/mol. The Morgan fingerprint density at radius 3 is 1.71 bits per heavy atom. The first-order chi connectivity index (χ1) is 18.1. The van der Waals surface area contributed by atoms with Crippen molar-refractivity contribution in [3.8, 4) is 17.2 Å². The topological polar surface area (TPSA) is 103 Å². The van der Waals surface area contributed by atoms with Crippen LogP contribution in [0.3, 0.4) is 0 Å². The number of esters is 1. The highest BCUT2D eigenvalue weighted by atomic mass is 16.5. The summed E-state index contributed by atoms with van der Waals surface area (Å²) in [6, 6.07) is 21.8. The fourth-order valence-corrected chi connectivity index (χ4v) is 3.47. The first-order valence-corrected chi connectivity index (χ1v) is 12.4. The van der Waals surface area contributed by atoms with Gasteiger partial charge in [0.15, 0.2) is 6.61 Å². The van der Waals surface area contributed by atoms with E-state index >= 15 is 0 Å². The van der Waals surface area contributed by atoms with E-state index in [2.05, 4.69) is 43.5 Å². The van der Waals surface area contributed by atoms with Crippen LogP contribution in [-0.2, 0) is 24.5 Å². The summed E-state index contributed by atoms with van der Waals surface area (Å²) in [7, 11) is 1.55. The van der Waals surface area contributed by atoms with E-state index in [-0.39, 0.29) is 24.2 Å². The number of hydrogen-bond acceptors (Lipinski definition) is 6. The first kappa shape index (κ1) is 28.2. The van der Waals surface area contributed by atoms with E-state index in [0.717, 1.165) is 5.75 Å². The molecule has 0 saturated carbocycles. The van der Waals surface area contributed by atoms with Crippen molar-refractivity contribution in [2.24, 2.45) is 0 Å². The van der Waals surface area contributed by atoms with Crippen molar-refractivity contribution < 1.29 is 28.6 Å². The molecule has 2 N–H and O–H groups in total. The lowest BCUT2D eigenvalue weighted by Gasteiger charge is -2.19. The van der Waals surface area contributed by atoms with Crippen LogP contribution in [-0.4, -0.2) is 31.5 Å². The number of methoxy groups -OCH3 is 1. The second kappa shape index (κ2) is 13.3. The molecule has 3 aromatic carbocycles. The van der Waals surface area contributed by atoms with Crippen molar-refractivity contribution in [3.63, 3.8) is 0 Å². The number of anilines is 2. The second-order valence-electron chi connectivity index (χ2n) is 9.74. The van der Waals surface area contributed by atoms with Gasteiger partial charge in [0.1, 0.15) is 17.2 Å². The van der Waals surface area contributed by atoms with E-state index in [1.807, 2.05) is 12.1 Å². The van der Waals surface area contributed by atoms with Gasteiger partial charge in [0, 0.05) is 24.2 Å². The highest BCUT2D eigenvalue weighted by Gasteiger charge is 2.13. The fraction of sp³-hybridized carbons (Fsp3) is 0.300. The number of nitrogens with one attached hydrogen (secondary N) is 2. The van der Waals surface area contributed by atoms with Crippen LogP contribution in [0.1, 0.15) is 45.6 Å². The van der Waals surface area contributed by atoms with Crippen LogP contribution in [0.25, 0.3) is 0 Å². The summed E-state index contributed by atoms with van der Waals surface area (Å²) in [5.41, 5.74) is 2.50. The molecule has 2 amide bonds. The average molecular weight is 519 g/mol. The molecule has 0 fully saturated rings. The van der Waals surface area contributed by atoms with Crippen molar-refractivity contribution >= 4 is 29.2 Å². The van der Waals surface area contributed by atoms with Gasteiger partial charge in [-0.05, 0) is 78.1 Å². The molecule has 0 spiro atoms. The van der Waals surface area contributed by atoms with Crippen molar-refractivity contribution in [2.45, 2.75) is 45.4 Å². The Balaban J connectivity index is 1.33. The molecule has 0 unspecified atom stereocenters. The van der Waals surface area contributed by atoms with Gasteiger partial charge in [-0.1, -0.05) is 32.9 Å². The Morgan fingerprint density at radius 2 is 1.18 bits per heavy atom. The Kier molecular flexibility index (Phi) is 9.87. The van der Waals surface area contributed by atoms with Crippen LogP contribution in [0.15, 0.2) is 72.8 Å². The van der Waals surface area contributed by atoms with E-state index in [1.54, 1.807) is 55.6 Å². The highest BCUT2D eigenvalue weighted by Crippen LogP contribution is 2.27. The zero-order valence-electron chi connectivity index (χ0n) is 22.2. The lowest BCUT2D eigenvalue weighted by atomic mass is 9.87. The Labute approximate surface area is 223 Å². The summed E-state index contributed by atoms with van der Waals surface area (Å²) in [6.45, 7) is 6.09. The molecule has 0 bridgehead atoms. The van der Waals surface area contributed by atoms with Crippen LogP contribution in [0.4, 0.5) is 11.4 Å². The number of amides is 2. The SMILES string of the molecule is COc1ccc(NC(=O)COC(=O)CCCC(=O)Nc2ccc(Oc3ccc(C(C)(C)C)cc3)cc2)cc1. The fourth-order valence-electron chi connectivity index (χ4n) is 3.47. The Hall–Kier alpha value is -4.33. The summed E-state index contributed by atoms with van der Waals surface area (Å²) in [5, 5.41) is 5.43. The maximum atomic E-state index is 12.2. The first-order valence-electron chi connectivity index (χ1n) is 12.4. The van der Waals surface area contributed by atoms with Gasteiger partial charge < -0.3 is 24.8 Å². The van der Waals surface area contributed by atoms with Crippen LogP contribution in [0.2, 0.25) is 0 Å². The largest absolute Gasteiger partial charge is 0.497 e. The molecule has 0 radical (unpaired) electrons. The summed E-state index contributed by atoms with van der Waals surface area (Å²) in [5.74, 6) is 0.851. The van der Waals surface area contributed by atoms with Gasteiger partial charge in [-0.3, -0.25) is 14.4 Å². The number of rotatable bonds is 11. The van der Waals surface area contributed by atoms with Gasteiger partial charge in [-0.15, -0.1) is 0 Å². The summed E-state index contributed by atoms with van der Waals surface area (Å²) in [6.07, 6.45) is 0.478. The van der Waals surface area contributed by atoms with Gasteiger partial charge in [-0.2, -0.15) is 0 Å². The number of carbonyl (C=O) groups excluding carboxylic acids is 3. The molecule has 0 heterocycles. The molecule has 0 aromatic heterocycles. The average Bonchev–Trinajstić information content (AvgIpc) is 2.89. The molecule has 0 aliphatic rings. The van der Waals surface area contributed by atoms with E-state index < -0.39 is 18.5 Å². The van der Waals surface area contributed by atoms with E-state index in [9.17, 15) is 14.4 Å². The normalized spacial score (nSPS) is 10.8. The summed E-state index contributed by atoms with van der Waals surface area (Å²) >= 11 is 0. The lowest BCUT2D eigenvalue weighted by molar-refractivity contribution is -0.147. The molecular weight excluding hydrogens is 484 g/mol. The quantitative estimate of drug-likeness (QED) is 0.299. The minimum Gasteiger partial charge on any atom is -0.497 e. The third kappa shape index (κ3) is 9.28. The molecule has 0 aliphatic heterocycles. The number of benzene rings is 3. The summed E-state index contributed by atoms with van der Waals surface area (Å²) < 4.78 is 15.9. The van der Waals surface area contributed by atoms with Crippen molar-refractivity contribution in [1.82, 2.24) is 0 Å². The van der Waals surface area contributed by atoms with Gasteiger partial charge in [0.25, 0.3) is 5.91 Å². The highest BCUT2D eigenvalue weighted by molar-refractivity contribution is 5.93. The smallest absolute Gasteiger partial charge is 0.306 e. The third-order valence-corrected chi connectivity index (χ3v) is 5.62. The van der Waals surface area contributed by atoms with Gasteiger partial charge in [0.2, 0.25) is 5.91 Å². The van der Waals surface area contributed by atoms with E-state index in [0.29, 0.717) is 29.3 Å². The van der Waals surface area contributed by atoms with Crippen LogP contribution in [0, 0.1) is 0 Å². The number of hydrogen-bond donors (Lipinski definition) is 2. The Morgan fingerprint density at radius 1 is 0.684 bits per heavy atom. The molecule has 3 rings (SSSR count). The monoisotopic (exact) mass is 518 g/mol. The molecule has 3 aromatic rings. The molecule has 8 nitrogen and oxygen atoms in total. The second-order valence-corrected chi connectivity index (χ2v) is 9.74. The van der Waals surface area contributed by atoms with Crippen LogP contribution in [0.5, 0.6) is 17.2 Å². The molecule has 200 valence electrons. The van der Waals surface area contributed by atoms with Gasteiger partial charge in [0.05, 0.1) is 7.11 Å². The zero-order chi connectivity index (χ0) is 27.5. The number of carbonyl (C=O) groups is 3. The predicted octanol–water partition coefficient (Wildman–Crippen LogP) is 6.08.